The van der Waals surface area contributed by atoms with E-state index in [9.17, 15) is 19.4 Å². The van der Waals surface area contributed by atoms with Gasteiger partial charge >= 0.3 is 5.97 Å². The molecule has 340 valence electrons. The van der Waals surface area contributed by atoms with Crippen LogP contribution in [0, 0.1) is 0 Å². The van der Waals surface area contributed by atoms with Gasteiger partial charge in [-0.05, 0) is 64.2 Å². The lowest BCUT2D eigenvalue weighted by atomic mass is 10.0. The Morgan fingerprint density at radius 3 is 1.29 bits per heavy atom. The first kappa shape index (κ1) is 56.7. The van der Waals surface area contributed by atoms with E-state index in [2.05, 4.69) is 92.0 Å². The van der Waals surface area contributed by atoms with Gasteiger partial charge in [0.15, 0.2) is 0 Å². The van der Waals surface area contributed by atoms with Gasteiger partial charge in [0, 0.05) is 6.42 Å². The van der Waals surface area contributed by atoms with E-state index in [1.54, 1.807) is 0 Å². The van der Waals surface area contributed by atoms with Crippen LogP contribution in [0.25, 0.3) is 0 Å². The topological polar surface area (TPSA) is 105 Å². The van der Waals surface area contributed by atoms with Crippen molar-refractivity contribution in [1.29, 1.82) is 0 Å². The molecule has 0 saturated carbocycles. The Morgan fingerprint density at radius 1 is 0.542 bits per heavy atom. The van der Waals surface area contributed by atoms with Crippen molar-refractivity contribution in [2.45, 2.75) is 180 Å². The van der Waals surface area contributed by atoms with Crippen molar-refractivity contribution < 1.29 is 37.6 Å². The number of rotatable bonds is 42. The van der Waals surface area contributed by atoms with Crippen molar-refractivity contribution in [3.8, 4) is 0 Å². The number of aliphatic hydroxyl groups excluding tert-OH is 1. The first-order valence-electron chi connectivity index (χ1n) is 23.3. The largest absolute Gasteiger partial charge is 0.756 e. The smallest absolute Gasteiger partial charge is 0.305 e. The molecule has 0 amide bonds. The van der Waals surface area contributed by atoms with Crippen LogP contribution in [0.1, 0.15) is 174 Å². The molecule has 0 radical (unpaired) electrons. The van der Waals surface area contributed by atoms with Crippen LogP contribution < -0.4 is 4.89 Å². The molecule has 0 aliphatic rings. The van der Waals surface area contributed by atoms with Gasteiger partial charge in [0.25, 0.3) is 7.82 Å². The van der Waals surface area contributed by atoms with Crippen LogP contribution in [0.2, 0.25) is 0 Å². The number of carbonyl (C=O) groups is 1. The molecule has 0 aromatic carbocycles. The summed E-state index contributed by atoms with van der Waals surface area (Å²) in [4.78, 5) is 23.7. The molecule has 8 nitrogen and oxygen atoms in total. The summed E-state index contributed by atoms with van der Waals surface area (Å²) in [5.74, 6) is -0.388. The molecule has 0 saturated heterocycles. The highest BCUT2D eigenvalue weighted by Gasteiger charge is 2.16. The number of nitrogens with zero attached hydrogens (tertiary/aromatic N) is 1. The number of likely N-dealkylation sites (N-methyl/N-ethyl adjacent to an activating group) is 1. The molecule has 0 fully saturated rings. The second-order valence-electron chi connectivity index (χ2n) is 16.6. The molecule has 1 N–H and O–H groups in total. The molecule has 0 bridgehead atoms. The zero-order chi connectivity index (χ0) is 43.4. The number of allylic oxidation sites excluding steroid dienone is 14. The molecular weight excluding hydrogens is 758 g/mol. The van der Waals surface area contributed by atoms with Crippen molar-refractivity contribution in [2.75, 3.05) is 47.5 Å². The average molecular weight is 846 g/mol. The zero-order valence-corrected chi connectivity index (χ0v) is 39.1. The molecule has 0 aromatic heterocycles. The van der Waals surface area contributed by atoms with Gasteiger partial charge in [-0.15, -0.1) is 0 Å². The van der Waals surface area contributed by atoms with Crippen LogP contribution in [-0.4, -0.2) is 69.2 Å². The highest BCUT2D eigenvalue weighted by atomic mass is 31.2. The lowest BCUT2D eigenvalue weighted by Crippen LogP contribution is -2.37. The minimum Gasteiger partial charge on any atom is -0.756 e. The van der Waals surface area contributed by atoms with Crippen molar-refractivity contribution in [3.63, 3.8) is 0 Å². The number of unbranched alkanes of at least 4 members (excludes halogenated alkanes) is 17. The molecule has 59 heavy (non-hydrogen) atoms. The predicted molar refractivity (Wildman–Crippen MR) is 249 cm³/mol. The third-order valence-electron chi connectivity index (χ3n) is 9.66. The highest BCUT2D eigenvalue weighted by Crippen LogP contribution is 2.38. The molecular formula is C50H88NO7P. The first-order valence-corrected chi connectivity index (χ1v) is 24.8. The van der Waals surface area contributed by atoms with Gasteiger partial charge in [-0.3, -0.25) is 9.36 Å². The maximum atomic E-state index is 11.9. The number of hydrogen-bond acceptors (Lipinski definition) is 7. The zero-order valence-electron chi connectivity index (χ0n) is 38.2. The summed E-state index contributed by atoms with van der Waals surface area (Å²) >= 11 is 0. The number of hydrogen-bond donors (Lipinski definition) is 1. The Kier molecular flexibility index (Phi) is 40.7. The van der Waals surface area contributed by atoms with Gasteiger partial charge in [-0.2, -0.15) is 0 Å². The Hall–Kier alpha value is -2.32. The third-order valence-corrected chi connectivity index (χ3v) is 10.6. The van der Waals surface area contributed by atoms with E-state index >= 15 is 0 Å². The van der Waals surface area contributed by atoms with Crippen molar-refractivity contribution in [2.24, 2.45) is 0 Å². The maximum Gasteiger partial charge on any atom is 0.305 e. The molecule has 0 rings (SSSR count). The van der Waals surface area contributed by atoms with E-state index in [1.165, 1.54) is 96.3 Å². The SMILES string of the molecule is CC/C=C\C/C=C\C/C=C\C/C=C\C/C=C\C/C=C\C/C=C\CCCCCCCCCCCCCCCCCCCC(=O)OCC(O)COP(=O)([O-])OCC[N+](C)(C)C. The van der Waals surface area contributed by atoms with Crippen LogP contribution >= 0.6 is 7.82 Å². The van der Waals surface area contributed by atoms with Crippen LogP contribution in [0.15, 0.2) is 85.1 Å². The molecule has 0 spiro atoms. The van der Waals surface area contributed by atoms with Crippen LogP contribution in [-0.2, 0) is 23.1 Å². The van der Waals surface area contributed by atoms with E-state index in [-0.39, 0.29) is 19.2 Å². The van der Waals surface area contributed by atoms with E-state index in [4.69, 9.17) is 13.8 Å². The fraction of sp³-hybridized carbons (Fsp3) is 0.700. The highest BCUT2D eigenvalue weighted by molar-refractivity contribution is 7.45. The quantitative estimate of drug-likeness (QED) is 0.0214. The van der Waals surface area contributed by atoms with Crippen LogP contribution in [0.5, 0.6) is 0 Å². The van der Waals surface area contributed by atoms with Gasteiger partial charge in [0.1, 0.15) is 25.9 Å². The molecule has 2 atom stereocenters. The summed E-state index contributed by atoms with van der Waals surface area (Å²) < 4.78 is 26.9. The minimum atomic E-state index is -4.51. The van der Waals surface area contributed by atoms with E-state index < -0.39 is 20.5 Å². The predicted octanol–water partition coefficient (Wildman–Crippen LogP) is 13.2. The molecule has 2 unspecified atom stereocenters. The van der Waals surface area contributed by atoms with Gasteiger partial charge in [0.2, 0.25) is 0 Å². The fourth-order valence-corrected chi connectivity index (χ4v) is 6.78. The van der Waals surface area contributed by atoms with Crippen molar-refractivity contribution in [3.05, 3.63) is 85.1 Å². The molecule has 0 aromatic rings. The lowest BCUT2D eigenvalue weighted by Gasteiger charge is -2.27. The maximum absolute atomic E-state index is 11.9. The number of ether oxygens (including phenoxy) is 1. The standard InChI is InChI=1S/C50H88NO7P/c1-5-6-7-8-9-10-11-12-13-14-15-16-17-18-19-20-21-22-23-24-25-26-27-28-29-30-31-32-33-34-35-36-37-38-39-40-41-42-43-44-50(53)56-47-49(52)48-58-59(54,55)57-46-45-51(2,3)4/h6-7,9-10,12-13,15-16,18-19,21-22,24-25,49,52H,5,8,11,14,17,20,23,26-48H2,1-4H3/b7-6-,10-9-,13-12-,16-15-,19-18-,22-21-,25-24-. The van der Waals surface area contributed by atoms with Gasteiger partial charge in [-0.1, -0.05) is 188 Å². The van der Waals surface area contributed by atoms with Crippen LogP contribution in [0.3, 0.4) is 0 Å². The summed E-state index contributed by atoms with van der Waals surface area (Å²) in [5, 5.41) is 9.90. The fourth-order valence-electron chi connectivity index (χ4n) is 6.04. The van der Waals surface area contributed by atoms with E-state index in [1.807, 2.05) is 21.1 Å². The van der Waals surface area contributed by atoms with Crippen LogP contribution in [0.4, 0.5) is 0 Å². The Bertz CT molecular complexity index is 1210. The van der Waals surface area contributed by atoms with Gasteiger partial charge in [0.05, 0.1) is 27.7 Å². The molecule has 0 aliphatic carbocycles. The second-order valence-corrected chi connectivity index (χ2v) is 18.0. The third kappa shape index (κ3) is 48.2. The van der Waals surface area contributed by atoms with Gasteiger partial charge < -0.3 is 28.3 Å². The first-order chi connectivity index (χ1) is 28.6. The van der Waals surface area contributed by atoms with Crippen molar-refractivity contribution >= 4 is 13.8 Å². The normalized spacial score (nSPS) is 14.5. The number of phosphoric acid groups is 1. The summed E-state index contributed by atoms with van der Waals surface area (Å²) in [6, 6.07) is 0. The second kappa shape index (κ2) is 42.4. The monoisotopic (exact) mass is 846 g/mol. The summed E-state index contributed by atoms with van der Waals surface area (Å²) in [5.41, 5.74) is 0. The summed E-state index contributed by atoms with van der Waals surface area (Å²) in [6.07, 6.45) is 60.6. The number of esters is 1. The molecule has 0 heterocycles. The number of carbonyl (C=O) groups excluding carboxylic acids is 1. The lowest BCUT2D eigenvalue weighted by molar-refractivity contribution is -0.870. The minimum absolute atomic E-state index is 0.00990. The Labute approximate surface area is 362 Å². The average Bonchev–Trinajstić information content (AvgIpc) is 3.19. The number of phosphoric ester groups is 1. The Balaban J connectivity index is 3.44. The Morgan fingerprint density at radius 2 is 0.898 bits per heavy atom. The molecule has 9 heteroatoms. The number of aliphatic hydroxyl groups is 1. The van der Waals surface area contributed by atoms with E-state index in [0.717, 1.165) is 64.2 Å². The number of quaternary nitrogens is 1. The van der Waals surface area contributed by atoms with Crippen molar-refractivity contribution in [1.82, 2.24) is 0 Å². The van der Waals surface area contributed by atoms with Gasteiger partial charge in [-0.25, -0.2) is 0 Å². The summed E-state index contributed by atoms with van der Waals surface area (Å²) in [7, 11) is 1.25. The van der Waals surface area contributed by atoms with E-state index in [0.29, 0.717) is 17.4 Å². The molecule has 0 aliphatic heterocycles. The summed E-state index contributed by atoms with van der Waals surface area (Å²) in [6.45, 7) is 1.83.